The highest BCUT2D eigenvalue weighted by Crippen LogP contribution is 2.23. The lowest BCUT2D eigenvalue weighted by molar-refractivity contribution is -0.142. The Morgan fingerprint density at radius 2 is 2.06 bits per heavy atom. The number of halogens is 1. The summed E-state index contributed by atoms with van der Waals surface area (Å²) in [6, 6.07) is 7.21. The van der Waals surface area contributed by atoms with E-state index in [0.29, 0.717) is 17.9 Å². The summed E-state index contributed by atoms with van der Waals surface area (Å²) in [6.07, 6.45) is 0.493. The first kappa shape index (κ1) is 14.4. The molecule has 94 valence electrons. The van der Waals surface area contributed by atoms with Crippen molar-refractivity contribution in [3.05, 3.63) is 28.7 Å². The quantitative estimate of drug-likeness (QED) is 0.784. The highest BCUT2D eigenvalue weighted by atomic mass is 79.9. The molecule has 0 radical (unpaired) electrons. The van der Waals surface area contributed by atoms with Gasteiger partial charge in [-0.1, -0.05) is 19.1 Å². The third-order valence-corrected chi connectivity index (χ3v) is 5.02. The van der Waals surface area contributed by atoms with Crippen molar-refractivity contribution in [1.29, 1.82) is 0 Å². The summed E-state index contributed by atoms with van der Waals surface area (Å²) in [5.41, 5.74) is 0. The molecule has 0 saturated carbocycles. The van der Waals surface area contributed by atoms with Crippen LogP contribution in [0.5, 0.6) is 0 Å². The number of rotatable bonds is 5. The second-order valence-electron chi connectivity index (χ2n) is 3.38. The van der Waals surface area contributed by atoms with Crippen LogP contribution in [0, 0.1) is 0 Å². The van der Waals surface area contributed by atoms with Crippen LogP contribution in [0.2, 0.25) is 0 Å². The largest absolute Gasteiger partial charge is 0.465 e. The van der Waals surface area contributed by atoms with E-state index in [1.165, 1.54) is 0 Å². The molecule has 0 aliphatic carbocycles. The maximum absolute atomic E-state index is 12.3. The van der Waals surface area contributed by atoms with Crippen molar-refractivity contribution in [2.75, 3.05) is 6.61 Å². The standard InChI is InChI=1S/C12H15BrO3S/c1-3-10(12(14)16-4-2)17(15)11-8-6-5-7-9(11)13/h5-8,10H,3-4H2,1-2H3. The predicted octanol–water partition coefficient (Wildman–Crippen LogP) is 2.90. The lowest BCUT2D eigenvalue weighted by Crippen LogP contribution is -2.27. The minimum atomic E-state index is -1.39. The van der Waals surface area contributed by atoms with Crippen LogP contribution in [0.15, 0.2) is 33.6 Å². The van der Waals surface area contributed by atoms with E-state index in [9.17, 15) is 9.00 Å². The molecule has 1 rings (SSSR count). The molecule has 5 heteroatoms. The number of hydrogen-bond donors (Lipinski definition) is 0. The van der Waals surface area contributed by atoms with Crippen molar-refractivity contribution in [1.82, 2.24) is 0 Å². The van der Waals surface area contributed by atoms with Crippen LogP contribution in [0.3, 0.4) is 0 Å². The molecule has 0 N–H and O–H groups in total. The van der Waals surface area contributed by atoms with E-state index in [1.807, 2.05) is 19.1 Å². The fourth-order valence-electron chi connectivity index (χ4n) is 1.40. The second-order valence-corrected chi connectivity index (χ2v) is 5.83. The molecule has 1 aromatic rings. The number of benzene rings is 1. The van der Waals surface area contributed by atoms with Gasteiger partial charge in [-0.15, -0.1) is 0 Å². The zero-order valence-corrected chi connectivity index (χ0v) is 12.2. The first-order chi connectivity index (χ1) is 8.11. The Labute approximate surface area is 112 Å². The van der Waals surface area contributed by atoms with Crippen LogP contribution in [0.1, 0.15) is 20.3 Å². The lowest BCUT2D eigenvalue weighted by Gasteiger charge is -2.14. The van der Waals surface area contributed by atoms with E-state index in [1.54, 1.807) is 19.1 Å². The minimum absolute atomic E-state index is 0.308. The molecule has 0 amide bonds. The van der Waals surface area contributed by atoms with Gasteiger partial charge in [0.15, 0.2) is 0 Å². The summed E-state index contributed by atoms with van der Waals surface area (Å²) in [5, 5.41) is -0.603. The van der Waals surface area contributed by atoms with E-state index < -0.39 is 22.0 Å². The van der Waals surface area contributed by atoms with Crippen molar-refractivity contribution in [2.24, 2.45) is 0 Å². The summed E-state index contributed by atoms with van der Waals surface area (Å²) in [7, 11) is -1.39. The van der Waals surface area contributed by atoms with Crippen LogP contribution < -0.4 is 0 Å². The molecule has 17 heavy (non-hydrogen) atoms. The molecule has 1 aromatic carbocycles. The molecule has 3 nitrogen and oxygen atoms in total. The first-order valence-corrected chi connectivity index (χ1v) is 7.44. The van der Waals surface area contributed by atoms with Crippen molar-refractivity contribution < 1.29 is 13.7 Å². The van der Waals surface area contributed by atoms with Gasteiger partial charge in [-0.2, -0.15) is 0 Å². The van der Waals surface area contributed by atoms with E-state index in [2.05, 4.69) is 15.9 Å². The van der Waals surface area contributed by atoms with E-state index in [0.717, 1.165) is 4.47 Å². The zero-order chi connectivity index (χ0) is 12.8. The molecule has 0 aliphatic heterocycles. The third kappa shape index (κ3) is 3.64. The number of carbonyl (C=O) groups excluding carboxylic acids is 1. The normalized spacial score (nSPS) is 14.1. The Balaban J connectivity index is 2.94. The molecule has 2 unspecified atom stereocenters. The van der Waals surface area contributed by atoms with Crippen molar-refractivity contribution in [3.8, 4) is 0 Å². The van der Waals surface area contributed by atoms with Gasteiger partial charge in [-0.05, 0) is 41.4 Å². The summed E-state index contributed by atoms with van der Waals surface area (Å²) >= 11 is 3.34. The third-order valence-electron chi connectivity index (χ3n) is 2.23. The van der Waals surface area contributed by atoms with E-state index in [4.69, 9.17) is 4.74 Å². The van der Waals surface area contributed by atoms with E-state index in [-0.39, 0.29) is 0 Å². The minimum Gasteiger partial charge on any atom is -0.465 e. The smallest absolute Gasteiger partial charge is 0.322 e. The second kappa shape index (κ2) is 6.91. The monoisotopic (exact) mass is 318 g/mol. The first-order valence-electron chi connectivity index (χ1n) is 5.43. The van der Waals surface area contributed by atoms with Gasteiger partial charge in [0.25, 0.3) is 0 Å². The van der Waals surface area contributed by atoms with Crippen LogP contribution in [-0.2, 0) is 20.3 Å². The molecular formula is C12H15BrO3S. The van der Waals surface area contributed by atoms with Crippen LogP contribution in [-0.4, -0.2) is 22.0 Å². The number of carbonyl (C=O) groups is 1. The average molecular weight is 319 g/mol. The molecule has 0 aliphatic rings. The number of hydrogen-bond acceptors (Lipinski definition) is 3. The molecule has 0 aromatic heterocycles. The SMILES string of the molecule is CCOC(=O)C(CC)S(=O)c1ccccc1Br. The van der Waals surface area contributed by atoms with Crippen molar-refractivity contribution in [3.63, 3.8) is 0 Å². The molecule has 0 saturated heterocycles. The summed E-state index contributed by atoms with van der Waals surface area (Å²) in [5.74, 6) is -0.399. The van der Waals surface area contributed by atoms with Gasteiger partial charge in [0.05, 0.1) is 22.3 Å². The summed E-state index contributed by atoms with van der Waals surface area (Å²) in [6.45, 7) is 3.88. The molecule has 0 heterocycles. The van der Waals surface area contributed by atoms with Gasteiger partial charge >= 0.3 is 5.97 Å². The zero-order valence-electron chi connectivity index (χ0n) is 9.81. The number of esters is 1. The molecule has 0 fully saturated rings. The predicted molar refractivity (Wildman–Crippen MR) is 71.3 cm³/mol. The highest BCUT2D eigenvalue weighted by Gasteiger charge is 2.26. The van der Waals surface area contributed by atoms with Gasteiger partial charge < -0.3 is 4.74 Å². The Hall–Kier alpha value is -0.680. The molecule has 0 spiro atoms. The van der Waals surface area contributed by atoms with Crippen molar-refractivity contribution >= 4 is 32.7 Å². The van der Waals surface area contributed by atoms with E-state index >= 15 is 0 Å². The average Bonchev–Trinajstić information content (AvgIpc) is 2.30. The lowest BCUT2D eigenvalue weighted by atomic mass is 10.3. The van der Waals surface area contributed by atoms with Crippen LogP contribution in [0.25, 0.3) is 0 Å². The molecule has 0 bridgehead atoms. The maximum atomic E-state index is 12.3. The molecular weight excluding hydrogens is 304 g/mol. The van der Waals surface area contributed by atoms with Gasteiger partial charge in [-0.3, -0.25) is 9.00 Å². The highest BCUT2D eigenvalue weighted by molar-refractivity contribution is 9.10. The van der Waals surface area contributed by atoms with Crippen LogP contribution in [0.4, 0.5) is 0 Å². The Kier molecular flexibility index (Phi) is 5.85. The van der Waals surface area contributed by atoms with Gasteiger partial charge in [0.2, 0.25) is 0 Å². The summed E-state index contributed by atoms with van der Waals surface area (Å²) < 4.78 is 18.0. The van der Waals surface area contributed by atoms with Crippen LogP contribution >= 0.6 is 15.9 Å². The van der Waals surface area contributed by atoms with Gasteiger partial charge in [0, 0.05) is 4.47 Å². The maximum Gasteiger partial charge on any atom is 0.322 e. The number of ether oxygens (including phenoxy) is 1. The molecule has 2 atom stereocenters. The Morgan fingerprint density at radius 3 is 2.59 bits per heavy atom. The Bertz CT molecular complexity index is 420. The Morgan fingerprint density at radius 1 is 1.41 bits per heavy atom. The topological polar surface area (TPSA) is 43.4 Å². The summed E-state index contributed by atoms with van der Waals surface area (Å²) in [4.78, 5) is 12.3. The fourth-order valence-corrected chi connectivity index (χ4v) is 3.49. The van der Waals surface area contributed by atoms with Crippen molar-refractivity contribution in [2.45, 2.75) is 30.4 Å². The van der Waals surface area contributed by atoms with Gasteiger partial charge in [0.1, 0.15) is 5.25 Å². The fraction of sp³-hybridized carbons (Fsp3) is 0.417. The van der Waals surface area contributed by atoms with Gasteiger partial charge in [-0.25, -0.2) is 0 Å².